The van der Waals surface area contributed by atoms with Crippen LogP contribution in [0.1, 0.15) is 49.3 Å². The molecule has 0 N–H and O–H groups in total. The molecule has 0 saturated heterocycles. The Kier molecular flexibility index (Phi) is 5.92. The highest BCUT2D eigenvalue weighted by atomic mass is 32.2. The number of unbranched alkanes of at least 4 members (excludes halogenated alkanes) is 3. The predicted octanol–water partition coefficient (Wildman–Crippen LogP) is 4.56. The first-order valence-corrected chi connectivity index (χ1v) is 10.7. The normalized spacial score (nSPS) is 15.1. The van der Waals surface area contributed by atoms with Crippen molar-refractivity contribution in [1.29, 1.82) is 0 Å². The molecule has 0 unspecified atom stereocenters. The molecule has 4 heteroatoms. The summed E-state index contributed by atoms with van der Waals surface area (Å²) in [7, 11) is -3.42. The van der Waals surface area contributed by atoms with Crippen molar-refractivity contribution in [2.75, 3.05) is 6.54 Å². The molecular weight excluding hydrogens is 330 g/mol. The molecule has 3 rings (SSSR count). The average Bonchev–Trinajstić information content (AvgIpc) is 2.65. The quantitative estimate of drug-likeness (QED) is 0.681. The molecule has 0 spiro atoms. The number of rotatable bonds is 7. The van der Waals surface area contributed by atoms with Crippen LogP contribution in [-0.4, -0.2) is 19.3 Å². The van der Waals surface area contributed by atoms with Gasteiger partial charge in [-0.05, 0) is 48.1 Å². The highest BCUT2D eigenvalue weighted by Crippen LogP contribution is 2.25. The van der Waals surface area contributed by atoms with Crippen LogP contribution in [0.15, 0.2) is 53.4 Å². The standard InChI is InChI=1S/C21H27NO2S/c1-2-3-4-5-8-18-11-13-21(14-12-18)25(23,24)22-16-15-19-9-6-7-10-20(19)17-22/h6-7,9-14H,2-5,8,15-17H2,1H3. The fourth-order valence-electron chi connectivity index (χ4n) is 3.41. The molecule has 134 valence electrons. The summed E-state index contributed by atoms with van der Waals surface area (Å²) in [6.07, 6.45) is 6.72. The fourth-order valence-corrected chi connectivity index (χ4v) is 4.83. The number of fused-ring (bicyclic) bond motifs is 1. The van der Waals surface area contributed by atoms with Gasteiger partial charge >= 0.3 is 0 Å². The summed E-state index contributed by atoms with van der Waals surface area (Å²) in [5.74, 6) is 0. The van der Waals surface area contributed by atoms with Gasteiger partial charge in [0.05, 0.1) is 4.90 Å². The van der Waals surface area contributed by atoms with E-state index in [1.165, 1.54) is 36.8 Å². The molecule has 25 heavy (non-hydrogen) atoms. The van der Waals surface area contributed by atoms with Gasteiger partial charge in [-0.2, -0.15) is 4.31 Å². The number of nitrogens with zero attached hydrogens (tertiary/aromatic N) is 1. The van der Waals surface area contributed by atoms with E-state index in [1.807, 2.05) is 30.3 Å². The molecule has 0 amide bonds. The van der Waals surface area contributed by atoms with Crippen molar-refractivity contribution in [2.45, 2.75) is 56.9 Å². The lowest BCUT2D eigenvalue weighted by molar-refractivity contribution is 0.391. The minimum Gasteiger partial charge on any atom is -0.207 e. The van der Waals surface area contributed by atoms with Gasteiger partial charge < -0.3 is 0 Å². The summed E-state index contributed by atoms with van der Waals surface area (Å²) in [5.41, 5.74) is 3.60. The van der Waals surface area contributed by atoms with Crippen LogP contribution < -0.4 is 0 Å². The molecule has 0 saturated carbocycles. The van der Waals surface area contributed by atoms with Gasteiger partial charge in [-0.15, -0.1) is 0 Å². The largest absolute Gasteiger partial charge is 0.243 e. The minimum absolute atomic E-state index is 0.407. The first-order valence-electron chi connectivity index (χ1n) is 9.27. The number of hydrogen-bond acceptors (Lipinski definition) is 2. The van der Waals surface area contributed by atoms with Crippen molar-refractivity contribution in [2.24, 2.45) is 0 Å². The first-order chi connectivity index (χ1) is 12.1. The van der Waals surface area contributed by atoms with E-state index < -0.39 is 10.0 Å². The molecule has 1 aliphatic heterocycles. The third-order valence-corrected chi connectivity index (χ3v) is 6.84. The number of benzene rings is 2. The molecule has 3 nitrogen and oxygen atoms in total. The topological polar surface area (TPSA) is 37.4 Å². The zero-order chi connectivity index (χ0) is 17.7. The van der Waals surface area contributed by atoms with Crippen LogP contribution in [0.2, 0.25) is 0 Å². The van der Waals surface area contributed by atoms with Gasteiger partial charge in [0.25, 0.3) is 0 Å². The van der Waals surface area contributed by atoms with Gasteiger partial charge in [-0.25, -0.2) is 8.42 Å². The molecule has 1 heterocycles. The zero-order valence-corrected chi connectivity index (χ0v) is 15.8. The molecule has 0 aromatic heterocycles. The Bertz CT molecular complexity index is 797. The molecule has 0 atom stereocenters. The Balaban J connectivity index is 1.68. The van der Waals surface area contributed by atoms with Gasteiger partial charge in [0.1, 0.15) is 0 Å². The number of aryl methyl sites for hydroxylation is 1. The molecule has 1 aliphatic rings. The molecule has 0 fully saturated rings. The van der Waals surface area contributed by atoms with Crippen LogP contribution >= 0.6 is 0 Å². The summed E-state index contributed by atoms with van der Waals surface area (Å²) in [5, 5.41) is 0. The Morgan fingerprint density at radius 1 is 0.920 bits per heavy atom. The maximum atomic E-state index is 12.9. The second kappa shape index (κ2) is 8.15. The highest BCUT2D eigenvalue weighted by molar-refractivity contribution is 7.89. The Morgan fingerprint density at radius 3 is 2.36 bits per heavy atom. The molecule has 0 bridgehead atoms. The lowest BCUT2D eigenvalue weighted by Crippen LogP contribution is -2.35. The second-order valence-corrected chi connectivity index (χ2v) is 8.75. The second-order valence-electron chi connectivity index (χ2n) is 6.81. The van der Waals surface area contributed by atoms with E-state index in [-0.39, 0.29) is 0 Å². The fraction of sp³-hybridized carbons (Fsp3) is 0.429. The van der Waals surface area contributed by atoms with Crippen LogP contribution in [-0.2, 0) is 29.4 Å². The maximum absolute atomic E-state index is 12.9. The lowest BCUT2D eigenvalue weighted by atomic mass is 10.0. The first kappa shape index (κ1) is 18.2. The van der Waals surface area contributed by atoms with Crippen molar-refractivity contribution >= 4 is 10.0 Å². The van der Waals surface area contributed by atoms with Crippen LogP contribution in [0.4, 0.5) is 0 Å². The number of sulfonamides is 1. The van der Waals surface area contributed by atoms with Crippen molar-refractivity contribution in [3.05, 3.63) is 65.2 Å². The summed E-state index contributed by atoms with van der Waals surface area (Å²) >= 11 is 0. The molecular formula is C21H27NO2S. The molecule has 2 aromatic carbocycles. The minimum atomic E-state index is -3.42. The SMILES string of the molecule is CCCCCCc1ccc(S(=O)(=O)N2CCc3ccccc3C2)cc1. The van der Waals surface area contributed by atoms with Crippen LogP contribution in [0.5, 0.6) is 0 Å². The van der Waals surface area contributed by atoms with Gasteiger partial charge in [-0.1, -0.05) is 62.6 Å². The van der Waals surface area contributed by atoms with Crippen molar-refractivity contribution < 1.29 is 8.42 Å². The van der Waals surface area contributed by atoms with Gasteiger partial charge in [0.2, 0.25) is 10.0 Å². The third-order valence-electron chi connectivity index (χ3n) is 4.98. The summed E-state index contributed by atoms with van der Waals surface area (Å²) in [6.45, 7) is 3.23. The van der Waals surface area contributed by atoms with Gasteiger partial charge in [0, 0.05) is 13.1 Å². The van der Waals surface area contributed by atoms with Crippen molar-refractivity contribution in [3.63, 3.8) is 0 Å². The summed E-state index contributed by atoms with van der Waals surface area (Å²) < 4.78 is 27.5. The van der Waals surface area contributed by atoms with Gasteiger partial charge in [0.15, 0.2) is 0 Å². The van der Waals surface area contributed by atoms with Crippen LogP contribution in [0, 0.1) is 0 Å². The Hall–Kier alpha value is -1.65. The van der Waals surface area contributed by atoms with E-state index >= 15 is 0 Å². The van der Waals surface area contributed by atoms with Crippen LogP contribution in [0.3, 0.4) is 0 Å². The number of hydrogen-bond donors (Lipinski definition) is 0. The summed E-state index contributed by atoms with van der Waals surface area (Å²) in [6, 6.07) is 15.6. The molecule has 0 aliphatic carbocycles. The summed E-state index contributed by atoms with van der Waals surface area (Å²) in [4.78, 5) is 0.407. The highest BCUT2D eigenvalue weighted by Gasteiger charge is 2.27. The zero-order valence-electron chi connectivity index (χ0n) is 14.9. The van der Waals surface area contributed by atoms with Crippen LogP contribution in [0.25, 0.3) is 0 Å². The van der Waals surface area contributed by atoms with E-state index in [0.29, 0.717) is 18.0 Å². The average molecular weight is 358 g/mol. The predicted molar refractivity (Wildman–Crippen MR) is 102 cm³/mol. The third kappa shape index (κ3) is 4.31. The Morgan fingerprint density at radius 2 is 1.64 bits per heavy atom. The monoisotopic (exact) mass is 357 g/mol. The molecule has 2 aromatic rings. The van der Waals surface area contributed by atoms with E-state index in [9.17, 15) is 8.42 Å². The van der Waals surface area contributed by atoms with E-state index in [0.717, 1.165) is 18.4 Å². The molecule has 0 radical (unpaired) electrons. The smallest absolute Gasteiger partial charge is 0.207 e. The van der Waals surface area contributed by atoms with E-state index in [4.69, 9.17) is 0 Å². The lowest BCUT2D eigenvalue weighted by Gasteiger charge is -2.28. The Labute approximate surface area is 151 Å². The van der Waals surface area contributed by atoms with E-state index in [2.05, 4.69) is 13.0 Å². The van der Waals surface area contributed by atoms with Crippen molar-refractivity contribution in [1.82, 2.24) is 4.31 Å². The maximum Gasteiger partial charge on any atom is 0.243 e. The van der Waals surface area contributed by atoms with Crippen molar-refractivity contribution in [3.8, 4) is 0 Å². The van der Waals surface area contributed by atoms with Gasteiger partial charge in [-0.3, -0.25) is 0 Å². The van der Waals surface area contributed by atoms with E-state index in [1.54, 1.807) is 16.4 Å².